The second-order valence-corrected chi connectivity index (χ2v) is 7.54. The Labute approximate surface area is 143 Å². The van der Waals surface area contributed by atoms with Gasteiger partial charge in [0.15, 0.2) is 0 Å². The summed E-state index contributed by atoms with van der Waals surface area (Å²) in [4.78, 5) is 0. The summed E-state index contributed by atoms with van der Waals surface area (Å²) in [5.41, 5.74) is 2.26. The topological polar surface area (TPSA) is 29.5 Å². The number of ether oxygens (including phenoxy) is 1. The molecule has 0 saturated carbocycles. The third-order valence-electron chi connectivity index (χ3n) is 4.38. The Morgan fingerprint density at radius 1 is 1.00 bits per heavy atom. The van der Waals surface area contributed by atoms with Crippen LogP contribution in [0.5, 0.6) is 5.75 Å². The van der Waals surface area contributed by atoms with Crippen LogP contribution in [0.3, 0.4) is 0 Å². The minimum Gasteiger partial charge on any atom is -0.493 e. The molecule has 1 rings (SSSR count). The molecule has 23 heavy (non-hydrogen) atoms. The summed E-state index contributed by atoms with van der Waals surface area (Å²) in [6.07, 6.45) is 7.83. The number of aliphatic hydroxyl groups excluding tert-OH is 1. The molecule has 0 heterocycles. The minimum atomic E-state index is -0.447. The highest BCUT2D eigenvalue weighted by molar-refractivity contribution is 5.41. The summed E-state index contributed by atoms with van der Waals surface area (Å²) >= 11 is 0. The Balaban J connectivity index is 2.63. The van der Waals surface area contributed by atoms with Crippen LogP contribution in [0.25, 0.3) is 0 Å². The third-order valence-corrected chi connectivity index (χ3v) is 4.38. The molecule has 0 radical (unpaired) electrons. The molecule has 1 aromatic rings. The van der Waals surface area contributed by atoms with Crippen LogP contribution in [-0.4, -0.2) is 11.7 Å². The normalized spacial score (nSPS) is 13.1. The molecule has 132 valence electrons. The second-order valence-electron chi connectivity index (χ2n) is 7.54. The summed E-state index contributed by atoms with van der Waals surface area (Å²) in [5.74, 6) is 0.848. The van der Waals surface area contributed by atoms with Crippen molar-refractivity contribution < 1.29 is 9.84 Å². The Bertz CT molecular complexity index is 446. The smallest absolute Gasteiger partial charge is 0.125 e. The van der Waals surface area contributed by atoms with E-state index in [2.05, 4.69) is 39.8 Å². The molecule has 1 N–H and O–H groups in total. The highest BCUT2D eigenvalue weighted by atomic mass is 16.5. The lowest BCUT2D eigenvalue weighted by molar-refractivity contribution is 0.166. The zero-order chi connectivity index (χ0) is 17.3. The molecule has 1 atom stereocenters. The van der Waals surface area contributed by atoms with Crippen molar-refractivity contribution in [2.45, 2.75) is 91.1 Å². The summed E-state index contributed by atoms with van der Waals surface area (Å²) in [6.45, 7) is 11.6. The van der Waals surface area contributed by atoms with E-state index in [1.807, 2.05) is 13.0 Å². The van der Waals surface area contributed by atoms with Gasteiger partial charge in [-0.1, -0.05) is 72.8 Å². The lowest BCUT2D eigenvalue weighted by Crippen LogP contribution is -2.13. The molecular formula is C21H36O2. The van der Waals surface area contributed by atoms with Crippen molar-refractivity contribution in [3.63, 3.8) is 0 Å². The Kier molecular flexibility index (Phi) is 8.68. The third kappa shape index (κ3) is 6.95. The lowest BCUT2D eigenvalue weighted by atomic mass is 9.85. The number of aliphatic hydroxyl groups is 1. The first-order chi connectivity index (χ1) is 10.9. The molecule has 2 nitrogen and oxygen atoms in total. The van der Waals surface area contributed by atoms with E-state index in [9.17, 15) is 5.11 Å². The van der Waals surface area contributed by atoms with E-state index in [4.69, 9.17) is 4.74 Å². The van der Waals surface area contributed by atoms with E-state index in [1.54, 1.807) is 0 Å². The highest BCUT2D eigenvalue weighted by Gasteiger charge is 2.19. The van der Waals surface area contributed by atoms with Crippen molar-refractivity contribution in [3.8, 4) is 5.75 Å². The molecule has 0 bridgehead atoms. The van der Waals surface area contributed by atoms with Gasteiger partial charge in [-0.25, -0.2) is 0 Å². The summed E-state index contributed by atoms with van der Waals surface area (Å²) in [6, 6.07) is 6.28. The van der Waals surface area contributed by atoms with Gasteiger partial charge in [0.05, 0.1) is 12.7 Å². The largest absolute Gasteiger partial charge is 0.493 e. The molecule has 0 saturated heterocycles. The van der Waals surface area contributed by atoms with Gasteiger partial charge < -0.3 is 9.84 Å². The SMILES string of the molecule is CCCCCCCCOc1ccc(C(C)(C)C)cc1C(O)CC. The Morgan fingerprint density at radius 2 is 1.65 bits per heavy atom. The van der Waals surface area contributed by atoms with Crippen LogP contribution in [0, 0.1) is 0 Å². The summed E-state index contributed by atoms with van der Waals surface area (Å²) < 4.78 is 5.97. The molecular weight excluding hydrogens is 284 g/mol. The van der Waals surface area contributed by atoms with Gasteiger partial charge in [-0.2, -0.15) is 0 Å². The molecule has 2 heteroatoms. The van der Waals surface area contributed by atoms with Crippen molar-refractivity contribution in [3.05, 3.63) is 29.3 Å². The van der Waals surface area contributed by atoms with Crippen LogP contribution < -0.4 is 4.74 Å². The van der Waals surface area contributed by atoms with E-state index in [0.717, 1.165) is 24.3 Å². The van der Waals surface area contributed by atoms with Gasteiger partial charge in [-0.3, -0.25) is 0 Å². The van der Waals surface area contributed by atoms with E-state index >= 15 is 0 Å². The molecule has 1 unspecified atom stereocenters. The van der Waals surface area contributed by atoms with Crippen LogP contribution in [-0.2, 0) is 5.41 Å². The van der Waals surface area contributed by atoms with Crippen molar-refractivity contribution in [2.24, 2.45) is 0 Å². The Hall–Kier alpha value is -1.02. The maximum Gasteiger partial charge on any atom is 0.125 e. The van der Waals surface area contributed by atoms with Crippen LogP contribution in [0.4, 0.5) is 0 Å². The number of hydrogen-bond acceptors (Lipinski definition) is 2. The van der Waals surface area contributed by atoms with Gasteiger partial charge in [0.1, 0.15) is 5.75 Å². The lowest BCUT2D eigenvalue weighted by Gasteiger charge is -2.23. The first-order valence-corrected chi connectivity index (χ1v) is 9.35. The molecule has 0 spiro atoms. The molecule has 0 aliphatic carbocycles. The van der Waals surface area contributed by atoms with Gasteiger partial charge in [-0.15, -0.1) is 0 Å². The monoisotopic (exact) mass is 320 g/mol. The van der Waals surface area contributed by atoms with Gasteiger partial charge in [0.25, 0.3) is 0 Å². The van der Waals surface area contributed by atoms with Crippen LogP contribution in [0.1, 0.15) is 96.8 Å². The van der Waals surface area contributed by atoms with E-state index in [-0.39, 0.29) is 5.41 Å². The molecule has 0 aliphatic heterocycles. The molecule has 1 aromatic carbocycles. The van der Waals surface area contributed by atoms with Gasteiger partial charge in [0.2, 0.25) is 0 Å². The fourth-order valence-corrected chi connectivity index (χ4v) is 2.69. The predicted octanol–water partition coefficient (Wildman–Crippen LogP) is 6.17. The minimum absolute atomic E-state index is 0.0834. The van der Waals surface area contributed by atoms with Crippen molar-refractivity contribution >= 4 is 0 Å². The molecule has 0 fully saturated rings. The van der Waals surface area contributed by atoms with Gasteiger partial charge >= 0.3 is 0 Å². The van der Waals surface area contributed by atoms with Crippen molar-refractivity contribution in [1.82, 2.24) is 0 Å². The van der Waals surface area contributed by atoms with Crippen molar-refractivity contribution in [1.29, 1.82) is 0 Å². The van der Waals surface area contributed by atoms with Gasteiger partial charge in [0, 0.05) is 5.56 Å². The maximum absolute atomic E-state index is 10.3. The first-order valence-electron chi connectivity index (χ1n) is 9.35. The quantitative estimate of drug-likeness (QED) is 0.523. The van der Waals surface area contributed by atoms with Crippen LogP contribution in [0.2, 0.25) is 0 Å². The van der Waals surface area contributed by atoms with E-state index in [1.165, 1.54) is 37.7 Å². The second kappa shape index (κ2) is 9.97. The summed E-state index contributed by atoms with van der Waals surface area (Å²) in [5, 5.41) is 10.3. The van der Waals surface area contributed by atoms with Gasteiger partial charge in [-0.05, 0) is 36.0 Å². The standard InChI is InChI=1S/C21H36O2/c1-6-8-9-10-11-12-15-23-20-14-13-17(21(3,4)5)16-18(20)19(22)7-2/h13-14,16,19,22H,6-12,15H2,1-5H3. The summed E-state index contributed by atoms with van der Waals surface area (Å²) in [7, 11) is 0. The first kappa shape index (κ1) is 20.0. The zero-order valence-corrected chi connectivity index (χ0v) is 15.8. The fraction of sp³-hybridized carbons (Fsp3) is 0.714. The number of benzene rings is 1. The molecule has 0 aliphatic rings. The number of rotatable bonds is 10. The fourth-order valence-electron chi connectivity index (χ4n) is 2.69. The van der Waals surface area contributed by atoms with Crippen LogP contribution in [0.15, 0.2) is 18.2 Å². The molecule has 0 aromatic heterocycles. The van der Waals surface area contributed by atoms with E-state index in [0.29, 0.717) is 6.42 Å². The Morgan fingerprint density at radius 3 is 2.26 bits per heavy atom. The van der Waals surface area contributed by atoms with E-state index < -0.39 is 6.10 Å². The van der Waals surface area contributed by atoms with Crippen molar-refractivity contribution in [2.75, 3.05) is 6.61 Å². The average molecular weight is 321 g/mol. The number of hydrogen-bond donors (Lipinski definition) is 1. The molecule has 0 amide bonds. The highest BCUT2D eigenvalue weighted by Crippen LogP contribution is 2.33. The van der Waals surface area contributed by atoms with Crippen LogP contribution >= 0.6 is 0 Å². The predicted molar refractivity (Wildman–Crippen MR) is 99.3 cm³/mol. The maximum atomic E-state index is 10.3. The average Bonchev–Trinajstić information content (AvgIpc) is 2.52. The zero-order valence-electron chi connectivity index (χ0n) is 15.8. The number of unbranched alkanes of at least 4 members (excludes halogenated alkanes) is 5.